The third-order valence-electron chi connectivity index (χ3n) is 3.08. The fourth-order valence-corrected chi connectivity index (χ4v) is 1.86. The molecule has 5 nitrogen and oxygen atoms in total. The van der Waals surface area contributed by atoms with E-state index >= 15 is 0 Å². The Labute approximate surface area is 108 Å². The molecule has 1 rings (SSSR count). The summed E-state index contributed by atoms with van der Waals surface area (Å²) in [6.07, 6.45) is 6.18. The lowest BCUT2D eigenvalue weighted by molar-refractivity contribution is -0.384. The molecule has 1 heterocycles. The number of anilines is 1. The third kappa shape index (κ3) is 4.31. The Morgan fingerprint density at radius 2 is 2.28 bits per heavy atom. The second-order valence-electron chi connectivity index (χ2n) is 4.43. The number of aromatic nitrogens is 1. The Bertz CT molecular complexity index is 382. The van der Waals surface area contributed by atoms with Gasteiger partial charge < -0.3 is 5.32 Å². The van der Waals surface area contributed by atoms with Gasteiger partial charge in [-0.3, -0.25) is 10.1 Å². The van der Waals surface area contributed by atoms with Crippen molar-refractivity contribution < 1.29 is 4.92 Å². The van der Waals surface area contributed by atoms with Gasteiger partial charge in [0.25, 0.3) is 0 Å². The van der Waals surface area contributed by atoms with Crippen LogP contribution in [0.25, 0.3) is 0 Å². The van der Waals surface area contributed by atoms with Crippen LogP contribution in [0.1, 0.15) is 39.5 Å². The van der Waals surface area contributed by atoms with Gasteiger partial charge in [0.05, 0.1) is 4.92 Å². The van der Waals surface area contributed by atoms with Crippen LogP contribution in [0.4, 0.5) is 11.5 Å². The highest BCUT2D eigenvalue weighted by Crippen LogP contribution is 2.21. The van der Waals surface area contributed by atoms with Gasteiger partial charge in [-0.1, -0.05) is 33.1 Å². The summed E-state index contributed by atoms with van der Waals surface area (Å²) in [4.78, 5) is 14.5. The van der Waals surface area contributed by atoms with E-state index in [0.717, 1.165) is 19.4 Å². The van der Waals surface area contributed by atoms with Crippen LogP contribution in [0.15, 0.2) is 18.3 Å². The molecule has 0 amide bonds. The molecule has 0 spiro atoms. The third-order valence-corrected chi connectivity index (χ3v) is 3.08. The van der Waals surface area contributed by atoms with E-state index in [1.165, 1.54) is 18.9 Å². The minimum atomic E-state index is -0.400. The maximum absolute atomic E-state index is 10.8. The summed E-state index contributed by atoms with van der Waals surface area (Å²) in [7, 11) is 0. The topological polar surface area (TPSA) is 68.1 Å². The maximum atomic E-state index is 10.8. The molecule has 1 aromatic rings. The Balaban J connectivity index is 2.59. The van der Waals surface area contributed by atoms with Crippen molar-refractivity contribution in [3.63, 3.8) is 0 Å². The van der Waals surface area contributed by atoms with Crippen LogP contribution in [0.5, 0.6) is 0 Å². The maximum Gasteiger partial charge on any atom is 0.311 e. The van der Waals surface area contributed by atoms with Crippen molar-refractivity contribution in [2.75, 3.05) is 11.9 Å². The lowest BCUT2D eigenvalue weighted by atomic mass is 9.99. The molecule has 1 N–H and O–H groups in total. The summed E-state index contributed by atoms with van der Waals surface area (Å²) in [5.41, 5.74) is 0.0443. The molecule has 0 saturated carbocycles. The summed E-state index contributed by atoms with van der Waals surface area (Å²) < 4.78 is 0. The number of nitrogens with one attached hydrogen (secondary N) is 1. The summed E-state index contributed by atoms with van der Waals surface area (Å²) in [5, 5.41) is 13.9. The average Bonchev–Trinajstić information content (AvgIpc) is 2.39. The smallest absolute Gasteiger partial charge is 0.311 e. The van der Waals surface area contributed by atoms with Gasteiger partial charge in [-0.15, -0.1) is 0 Å². The number of hydrogen-bond donors (Lipinski definition) is 1. The van der Waals surface area contributed by atoms with E-state index in [4.69, 9.17) is 0 Å². The van der Waals surface area contributed by atoms with Crippen molar-refractivity contribution >= 4 is 11.5 Å². The Morgan fingerprint density at radius 3 is 2.89 bits per heavy atom. The zero-order chi connectivity index (χ0) is 13.4. The second-order valence-corrected chi connectivity index (χ2v) is 4.43. The van der Waals surface area contributed by atoms with E-state index in [2.05, 4.69) is 24.1 Å². The Kier molecular flexibility index (Phi) is 6.11. The van der Waals surface area contributed by atoms with Crippen LogP contribution in [0.2, 0.25) is 0 Å². The molecular weight excluding hydrogens is 230 g/mol. The van der Waals surface area contributed by atoms with E-state index in [1.54, 1.807) is 12.3 Å². The van der Waals surface area contributed by atoms with Crippen molar-refractivity contribution in [3.8, 4) is 0 Å². The zero-order valence-corrected chi connectivity index (χ0v) is 11.1. The summed E-state index contributed by atoms with van der Waals surface area (Å²) >= 11 is 0. The monoisotopic (exact) mass is 251 g/mol. The van der Waals surface area contributed by atoms with Gasteiger partial charge in [-0.25, -0.2) is 4.98 Å². The molecule has 0 fully saturated rings. The highest BCUT2D eigenvalue weighted by molar-refractivity contribution is 5.54. The molecule has 1 aromatic heterocycles. The van der Waals surface area contributed by atoms with Crippen LogP contribution in [-0.2, 0) is 0 Å². The van der Waals surface area contributed by atoms with Gasteiger partial charge in [0.15, 0.2) is 0 Å². The zero-order valence-electron chi connectivity index (χ0n) is 11.1. The average molecular weight is 251 g/mol. The van der Waals surface area contributed by atoms with Crippen LogP contribution in [0, 0.1) is 16.0 Å². The Hall–Kier alpha value is -1.65. The quantitative estimate of drug-likeness (QED) is 0.566. The van der Waals surface area contributed by atoms with Crippen molar-refractivity contribution in [3.05, 3.63) is 28.4 Å². The molecule has 18 heavy (non-hydrogen) atoms. The van der Waals surface area contributed by atoms with E-state index < -0.39 is 4.92 Å². The molecule has 100 valence electrons. The van der Waals surface area contributed by atoms with Crippen LogP contribution in [-0.4, -0.2) is 16.5 Å². The highest BCUT2D eigenvalue weighted by Gasteiger charge is 2.15. The molecular formula is C13H21N3O2. The van der Waals surface area contributed by atoms with Crippen molar-refractivity contribution in [2.45, 2.75) is 39.5 Å². The minimum absolute atomic E-state index is 0.0443. The van der Waals surface area contributed by atoms with Gasteiger partial charge in [-0.2, -0.15) is 0 Å². The molecule has 0 aliphatic heterocycles. The number of nitrogens with zero attached hydrogens (tertiary/aromatic N) is 2. The van der Waals surface area contributed by atoms with Crippen molar-refractivity contribution in [1.82, 2.24) is 4.98 Å². The molecule has 0 aliphatic rings. The number of pyridine rings is 1. The first-order valence-corrected chi connectivity index (χ1v) is 6.52. The van der Waals surface area contributed by atoms with Gasteiger partial charge >= 0.3 is 5.69 Å². The summed E-state index contributed by atoms with van der Waals surface area (Å²) in [6.45, 7) is 5.06. The Morgan fingerprint density at radius 1 is 1.50 bits per heavy atom. The number of nitro groups is 1. The number of unbranched alkanes of at least 4 members (excludes halogenated alkanes) is 1. The lowest BCUT2D eigenvalue weighted by Gasteiger charge is -2.15. The SMILES string of the molecule is CCCCC(CC)CNc1ncccc1[N+](=O)[O-]. The van der Waals surface area contributed by atoms with Crippen molar-refractivity contribution in [2.24, 2.45) is 5.92 Å². The van der Waals surface area contributed by atoms with E-state index in [0.29, 0.717) is 11.7 Å². The van der Waals surface area contributed by atoms with Gasteiger partial charge in [0, 0.05) is 18.8 Å². The first-order valence-electron chi connectivity index (χ1n) is 6.52. The molecule has 0 aromatic carbocycles. The molecule has 1 atom stereocenters. The van der Waals surface area contributed by atoms with Crippen molar-refractivity contribution in [1.29, 1.82) is 0 Å². The molecule has 1 unspecified atom stereocenters. The highest BCUT2D eigenvalue weighted by atomic mass is 16.6. The van der Waals surface area contributed by atoms with Gasteiger partial charge in [-0.05, 0) is 18.4 Å². The standard InChI is InChI=1S/C13H21N3O2/c1-3-5-7-11(4-2)10-15-13-12(16(17)18)8-6-9-14-13/h6,8-9,11H,3-5,7,10H2,1-2H3,(H,14,15). The number of hydrogen-bond acceptors (Lipinski definition) is 4. The second kappa shape index (κ2) is 7.63. The van der Waals surface area contributed by atoms with E-state index in [9.17, 15) is 10.1 Å². The molecule has 0 aliphatic carbocycles. The predicted octanol–water partition coefficient (Wildman–Crippen LogP) is 3.62. The molecule has 0 saturated heterocycles. The normalized spacial score (nSPS) is 12.1. The fourth-order valence-electron chi connectivity index (χ4n) is 1.86. The van der Waals surface area contributed by atoms with Crippen LogP contribution < -0.4 is 5.32 Å². The number of rotatable bonds is 8. The van der Waals surface area contributed by atoms with Crippen LogP contribution in [0.3, 0.4) is 0 Å². The summed E-state index contributed by atoms with van der Waals surface area (Å²) in [6, 6.07) is 3.06. The fraction of sp³-hybridized carbons (Fsp3) is 0.615. The summed E-state index contributed by atoms with van der Waals surface area (Å²) in [5.74, 6) is 0.920. The van der Waals surface area contributed by atoms with Gasteiger partial charge in [0.2, 0.25) is 5.82 Å². The van der Waals surface area contributed by atoms with E-state index in [-0.39, 0.29) is 5.69 Å². The molecule has 5 heteroatoms. The first-order chi connectivity index (χ1) is 8.69. The van der Waals surface area contributed by atoms with Gasteiger partial charge in [0.1, 0.15) is 0 Å². The largest absolute Gasteiger partial charge is 0.364 e. The predicted molar refractivity (Wildman–Crippen MR) is 72.7 cm³/mol. The minimum Gasteiger partial charge on any atom is -0.364 e. The lowest BCUT2D eigenvalue weighted by Crippen LogP contribution is -2.15. The van der Waals surface area contributed by atoms with Crippen LogP contribution >= 0.6 is 0 Å². The molecule has 0 radical (unpaired) electrons. The molecule has 0 bridgehead atoms. The van der Waals surface area contributed by atoms with E-state index in [1.807, 2.05) is 0 Å². The first kappa shape index (κ1) is 14.4.